The van der Waals surface area contributed by atoms with Gasteiger partial charge >= 0.3 is 0 Å². The molecule has 1 N–H and O–H groups in total. The van der Waals surface area contributed by atoms with Crippen molar-refractivity contribution in [2.24, 2.45) is 5.92 Å². The van der Waals surface area contributed by atoms with Crippen molar-refractivity contribution in [3.8, 4) is 5.75 Å². The van der Waals surface area contributed by atoms with Crippen LogP contribution < -0.4 is 15.0 Å². The summed E-state index contributed by atoms with van der Waals surface area (Å²) >= 11 is 0. The molecule has 1 aliphatic rings. The minimum absolute atomic E-state index is 0.0986. The molecule has 0 spiro atoms. The van der Waals surface area contributed by atoms with Crippen molar-refractivity contribution in [3.63, 3.8) is 0 Å². The molecule has 1 unspecified atom stereocenters. The lowest BCUT2D eigenvalue weighted by Gasteiger charge is -2.20. The van der Waals surface area contributed by atoms with Crippen molar-refractivity contribution in [1.82, 2.24) is 14.8 Å². The summed E-state index contributed by atoms with van der Waals surface area (Å²) in [5.41, 5.74) is 1.71. The third-order valence-electron chi connectivity index (χ3n) is 4.35. The number of hydrogen-bond donors (Lipinski definition) is 1. The highest BCUT2D eigenvalue weighted by molar-refractivity contribution is 6.03. The maximum absolute atomic E-state index is 12.5. The highest BCUT2D eigenvalue weighted by Gasteiger charge is 2.36. The topological polar surface area (TPSA) is 89.4 Å². The predicted octanol–water partition coefficient (Wildman–Crippen LogP) is 2.00. The number of nitrogens with zero attached hydrogens (tertiary/aromatic N) is 4. The molecule has 1 aliphatic heterocycles. The van der Waals surface area contributed by atoms with E-state index in [1.54, 1.807) is 23.0 Å². The van der Waals surface area contributed by atoms with E-state index in [4.69, 9.17) is 4.74 Å². The first kappa shape index (κ1) is 17.9. The van der Waals surface area contributed by atoms with Gasteiger partial charge in [0, 0.05) is 19.5 Å². The van der Waals surface area contributed by atoms with E-state index in [1.807, 2.05) is 32.0 Å². The minimum Gasteiger partial charge on any atom is -0.495 e. The van der Waals surface area contributed by atoms with Crippen LogP contribution in [0.4, 0.5) is 11.6 Å². The van der Waals surface area contributed by atoms with Crippen molar-refractivity contribution >= 4 is 23.5 Å². The van der Waals surface area contributed by atoms with Crippen LogP contribution in [-0.4, -0.2) is 40.2 Å². The maximum atomic E-state index is 12.5. The largest absolute Gasteiger partial charge is 0.495 e. The Hall–Kier alpha value is -2.90. The van der Waals surface area contributed by atoms with Gasteiger partial charge in [-0.2, -0.15) is 0 Å². The van der Waals surface area contributed by atoms with Gasteiger partial charge in [0.15, 0.2) is 0 Å². The van der Waals surface area contributed by atoms with Gasteiger partial charge in [0.25, 0.3) is 0 Å². The van der Waals surface area contributed by atoms with Crippen LogP contribution in [0.25, 0.3) is 0 Å². The molecule has 1 aromatic carbocycles. The SMILES string of the molecule is CCCn1cnc(NC(=O)C2CC(=O)N(c3cc(C)ccc3OC)C2)n1. The number of carbonyl (C=O) groups excluding carboxylic acids is 2. The Kier molecular flexibility index (Phi) is 5.20. The molecular formula is C18H23N5O3. The van der Waals surface area contributed by atoms with Crippen LogP contribution in [0.3, 0.4) is 0 Å². The van der Waals surface area contributed by atoms with Crippen molar-refractivity contribution < 1.29 is 14.3 Å². The minimum atomic E-state index is -0.453. The van der Waals surface area contributed by atoms with Gasteiger partial charge in [-0.25, -0.2) is 4.98 Å². The number of ether oxygens (including phenoxy) is 1. The Morgan fingerprint density at radius 1 is 1.42 bits per heavy atom. The molecule has 138 valence electrons. The zero-order valence-electron chi connectivity index (χ0n) is 15.2. The number of methoxy groups -OCH3 is 1. The third kappa shape index (κ3) is 3.68. The Balaban J connectivity index is 1.71. The molecule has 3 rings (SSSR count). The molecule has 1 atom stereocenters. The highest BCUT2D eigenvalue weighted by atomic mass is 16.5. The van der Waals surface area contributed by atoms with E-state index in [2.05, 4.69) is 15.4 Å². The van der Waals surface area contributed by atoms with Crippen LogP contribution in [0.15, 0.2) is 24.5 Å². The normalized spacial score (nSPS) is 16.8. The zero-order chi connectivity index (χ0) is 18.7. The second kappa shape index (κ2) is 7.55. The number of aromatic nitrogens is 3. The molecular weight excluding hydrogens is 334 g/mol. The molecule has 8 nitrogen and oxygen atoms in total. The van der Waals surface area contributed by atoms with Gasteiger partial charge in [0.05, 0.1) is 18.7 Å². The van der Waals surface area contributed by atoms with Crippen molar-refractivity contribution in [1.29, 1.82) is 0 Å². The van der Waals surface area contributed by atoms with Gasteiger partial charge in [-0.1, -0.05) is 13.0 Å². The lowest BCUT2D eigenvalue weighted by molar-refractivity contribution is -0.122. The monoisotopic (exact) mass is 357 g/mol. The standard InChI is InChI=1S/C18H23N5O3/c1-4-7-22-11-19-18(21-22)20-17(25)13-9-16(24)23(10-13)14-8-12(2)5-6-15(14)26-3/h5-6,8,11,13H,4,7,9-10H2,1-3H3,(H,20,21,25). The average molecular weight is 357 g/mol. The third-order valence-corrected chi connectivity index (χ3v) is 4.35. The quantitative estimate of drug-likeness (QED) is 0.854. The van der Waals surface area contributed by atoms with Gasteiger partial charge in [-0.3, -0.25) is 19.6 Å². The number of aryl methyl sites for hydroxylation is 2. The molecule has 0 radical (unpaired) electrons. The van der Waals surface area contributed by atoms with E-state index in [1.165, 1.54) is 0 Å². The van der Waals surface area contributed by atoms with Crippen LogP contribution in [0.5, 0.6) is 5.75 Å². The van der Waals surface area contributed by atoms with E-state index < -0.39 is 5.92 Å². The predicted molar refractivity (Wildman–Crippen MR) is 97.1 cm³/mol. The molecule has 26 heavy (non-hydrogen) atoms. The summed E-state index contributed by atoms with van der Waals surface area (Å²) in [5, 5.41) is 6.90. The Morgan fingerprint density at radius 2 is 2.23 bits per heavy atom. The van der Waals surface area contributed by atoms with Gasteiger partial charge < -0.3 is 9.64 Å². The summed E-state index contributed by atoms with van der Waals surface area (Å²) in [6.45, 7) is 5.04. The first-order valence-corrected chi connectivity index (χ1v) is 8.67. The lowest BCUT2D eigenvalue weighted by Crippen LogP contribution is -2.28. The summed E-state index contributed by atoms with van der Waals surface area (Å²) < 4.78 is 7.04. The van der Waals surface area contributed by atoms with Gasteiger partial charge in [0.2, 0.25) is 17.8 Å². The number of nitrogens with one attached hydrogen (secondary N) is 1. The van der Waals surface area contributed by atoms with E-state index in [9.17, 15) is 9.59 Å². The summed E-state index contributed by atoms with van der Waals surface area (Å²) in [7, 11) is 1.57. The molecule has 1 saturated heterocycles. The highest BCUT2D eigenvalue weighted by Crippen LogP contribution is 2.34. The fourth-order valence-corrected chi connectivity index (χ4v) is 3.03. The number of hydrogen-bond acceptors (Lipinski definition) is 5. The smallest absolute Gasteiger partial charge is 0.248 e. The summed E-state index contributed by atoms with van der Waals surface area (Å²) in [5.74, 6) is 0.0820. The number of amides is 2. The Morgan fingerprint density at radius 3 is 2.96 bits per heavy atom. The Labute approximate surface area is 152 Å². The van der Waals surface area contributed by atoms with Crippen LogP contribution in [-0.2, 0) is 16.1 Å². The molecule has 0 aliphatic carbocycles. The molecule has 2 amide bonds. The summed E-state index contributed by atoms with van der Waals surface area (Å²) in [6, 6.07) is 5.64. The van der Waals surface area contributed by atoms with Crippen molar-refractivity contribution in [2.75, 3.05) is 23.9 Å². The molecule has 0 saturated carbocycles. The van der Waals surface area contributed by atoms with Gasteiger partial charge in [-0.15, -0.1) is 5.10 Å². The van der Waals surface area contributed by atoms with Gasteiger partial charge in [-0.05, 0) is 31.0 Å². The average Bonchev–Trinajstić information content (AvgIpc) is 3.21. The fourth-order valence-electron chi connectivity index (χ4n) is 3.03. The molecule has 2 aromatic rings. The maximum Gasteiger partial charge on any atom is 0.248 e. The zero-order valence-corrected chi connectivity index (χ0v) is 15.2. The fraction of sp³-hybridized carbons (Fsp3) is 0.444. The first-order chi connectivity index (χ1) is 12.5. The summed E-state index contributed by atoms with van der Waals surface area (Å²) in [4.78, 5) is 30.7. The van der Waals surface area contributed by atoms with Crippen LogP contribution in [0.2, 0.25) is 0 Å². The molecule has 2 heterocycles. The lowest BCUT2D eigenvalue weighted by atomic mass is 10.1. The first-order valence-electron chi connectivity index (χ1n) is 8.67. The molecule has 1 fully saturated rings. The molecule has 8 heteroatoms. The molecule has 0 bridgehead atoms. The Bertz CT molecular complexity index is 817. The number of carbonyl (C=O) groups is 2. The second-order valence-corrected chi connectivity index (χ2v) is 6.40. The van der Waals surface area contributed by atoms with Crippen LogP contribution >= 0.6 is 0 Å². The van der Waals surface area contributed by atoms with Crippen LogP contribution in [0.1, 0.15) is 25.3 Å². The number of anilines is 2. The number of benzene rings is 1. The number of rotatable bonds is 6. The van der Waals surface area contributed by atoms with Crippen molar-refractivity contribution in [2.45, 2.75) is 33.2 Å². The van der Waals surface area contributed by atoms with E-state index in [0.29, 0.717) is 18.0 Å². The van der Waals surface area contributed by atoms with Gasteiger partial charge in [0.1, 0.15) is 12.1 Å². The van der Waals surface area contributed by atoms with Crippen LogP contribution in [0, 0.1) is 12.8 Å². The molecule has 1 aromatic heterocycles. The van der Waals surface area contributed by atoms with E-state index in [-0.39, 0.29) is 24.2 Å². The van der Waals surface area contributed by atoms with E-state index >= 15 is 0 Å². The van der Waals surface area contributed by atoms with E-state index in [0.717, 1.165) is 18.5 Å². The summed E-state index contributed by atoms with van der Waals surface area (Å²) in [6.07, 6.45) is 2.67. The second-order valence-electron chi connectivity index (χ2n) is 6.40. The van der Waals surface area contributed by atoms with Crippen molar-refractivity contribution in [3.05, 3.63) is 30.1 Å².